The van der Waals surface area contributed by atoms with Crippen molar-refractivity contribution in [3.8, 4) is 5.75 Å². The lowest BCUT2D eigenvalue weighted by molar-refractivity contribution is -0.129. The summed E-state index contributed by atoms with van der Waals surface area (Å²) in [6.07, 6.45) is 3.97. The summed E-state index contributed by atoms with van der Waals surface area (Å²) in [7, 11) is -0.855. The predicted octanol–water partition coefficient (Wildman–Crippen LogP) is 3.43. The molecule has 1 saturated heterocycles. The number of nitrogens with zero attached hydrogens (tertiary/aromatic N) is 3. The molecule has 1 spiro atoms. The minimum Gasteiger partial charge on any atom is -0.436 e. The molecule has 0 atom stereocenters. The van der Waals surface area contributed by atoms with Crippen molar-refractivity contribution in [1.82, 2.24) is 9.80 Å². The molecule has 4 heterocycles. The smallest absolute Gasteiger partial charge is 0.354 e. The molecule has 31 heavy (non-hydrogen) atoms. The van der Waals surface area contributed by atoms with Crippen LogP contribution in [0.15, 0.2) is 57.0 Å². The van der Waals surface area contributed by atoms with Crippen molar-refractivity contribution in [1.29, 1.82) is 0 Å². The van der Waals surface area contributed by atoms with Crippen LogP contribution in [0.5, 0.6) is 5.75 Å². The fourth-order valence-corrected chi connectivity index (χ4v) is 6.13. The molecule has 0 N–H and O–H groups in total. The summed E-state index contributed by atoms with van der Waals surface area (Å²) in [6.45, 7) is 5.04. The first-order chi connectivity index (χ1) is 14.9. The van der Waals surface area contributed by atoms with Crippen LogP contribution in [0.3, 0.4) is 0 Å². The van der Waals surface area contributed by atoms with Gasteiger partial charge in [-0.3, -0.25) is 0 Å². The average molecular weight is 462 g/mol. The van der Waals surface area contributed by atoms with Crippen LogP contribution in [-0.4, -0.2) is 60.8 Å². The molecule has 1 aromatic carbocycles. The molecule has 4 aliphatic heterocycles. The number of carbonyl (C=O) groups is 2. The molecule has 0 saturated carbocycles. The van der Waals surface area contributed by atoms with E-state index in [1.807, 2.05) is 6.08 Å². The molecule has 0 amide bonds. The van der Waals surface area contributed by atoms with Crippen molar-refractivity contribution in [2.75, 3.05) is 33.2 Å². The molecule has 1 aromatic rings. The van der Waals surface area contributed by atoms with E-state index in [0.717, 1.165) is 38.3 Å². The normalized spacial score (nSPS) is 23.6. The molecule has 10 heteroatoms. The van der Waals surface area contributed by atoms with Crippen LogP contribution in [0.2, 0.25) is 5.02 Å². The van der Waals surface area contributed by atoms with E-state index in [2.05, 4.69) is 16.8 Å². The number of allylic oxidation sites excluding steroid dienone is 1. The Morgan fingerprint density at radius 3 is 2.42 bits per heavy atom. The molecule has 4 aliphatic rings. The largest absolute Gasteiger partial charge is 0.436 e. The Balaban J connectivity index is 1.68. The lowest BCUT2D eigenvalue weighted by atomic mass is 10.2. The van der Waals surface area contributed by atoms with Gasteiger partial charge in [0.1, 0.15) is 11.5 Å². The maximum Gasteiger partial charge on any atom is 0.354 e. The second kappa shape index (κ2) is 7.44. The molecule has 162 valence electrons. The van der Waals surface area contributed by atoms with Gasteiger partial charge in [-0.1, -0.05) is 11.6 Å². The maximum absolute atomic E-state index is 12.3. The van der Waals surface area contributed by atoms with Gasteiger partial charge in [-0.25, -0.2) is 14.6 Å². The zero-order valence-corrected chi connectivity index (χ0v) is 18.5. The minimum atomic E-state index is -2.93. The van der Waals surface area contributed by atoms with Crippen molar-refractivity contribution in [2.24, 2.45) is 4.99 Å². The van der Waals surface area contributed by atoms with Crippen molar-refractivity contribution < 1.29 is 22.7 Å². The van der Waals surface area contributed by atoms with E-state index in [1.165, 1.54) is 0 Å². The lowest BCUT2D eigenvalue weighted by Gasteiger charge is -2.39. The highest BCUT2D eigenvalue weighted by Gasteiger charge is 2.47. The summed E-state index contributed by atoms with van der Waals surface area (Å²) in [5.74, 6) is -0.202. The van der Waals surface area contributed by atoms with Gasteiger partial charge in [-0.2, -0.15) is 0 Å². The zero-order valence-electron chi connectivity index (χ0n) is 17.0. The number of aliphatic imine (C=N–C) groups is 1. The molecule has 1 fully saturated rings. The molecule has 8 nitrogen and oxygen atoms in total. The van der Waals surface area contributed by atoms with E-state index < -0.39 is 22.5 Å². The van der Waals surface area contributed by atoms with Crippen molar-refractivity contribution >= 4 is 45.7 Å². The number of amidine groups is 1. The fourth-order valence-electron chi connectivity index (χ4n) is 3.74. The van der Waals surface area contributed by atoms with Gasteiger partial charge in [0.05, 0.1) is 10.5 Å². The molecule has 0 aliphatic carbocycles. The van der Waals surface area contributed by atoms with Crippen LogP contribution in [0.1, 0.15) is 6.92 Å². The molecule has 0 bridgehead atoms. The van der Waals surface area contributed by atoms with E-state index in [-0.39, 0.29) is 5.09 Å². The van der Waals surface area contributed by atoms with Gasteiger partial charge in [-0.05, 0) is 48.8 Å². The van der Waals surface area contributed by atoms with Crippen molar-refractivity contribution in [2.45, 2.75) is 6.92 Å². The lowest BCUT2D eigenvalue weighted by Crippen LogP contribution is -2.47. The third-order valence-corrected chi connectivity index (χ3v) is 8.17. The summed E-state index contributed by atoms with van der Waals surface area (Å²) in [4.78, 5) is 34.5. The van der Waals surface area contributed by atoms with Crippen molar-refractivity contribution in [3.63, 3.8) is 0 Å². The van der Waals surface area contributed by atoms with E-state index >= 15 is 0 Å². The Kier molecular flexibility index (Phi) is 4.84. The number of benzene rings is 1. The van der Waals surface area contributed by atoms with Crippen LogP contribution in [0, 0.1) is 0 Å². The number of hydrogen-bond acceptors (Lipinski definition) is 8. The average Bonchev–Trinajstić information content (AvgIpc) is 2.86. The molecule has 0 unspecified atom stereocenters. The number of fused-ring (bicyclic) bond motifs is 2. The Morgan fingerprint density at radius 2 is 1.74 bits per heavy atom. The number of likely N-dealkylation sites (N-methyl/N-ethyl adjacent to an activating group) is 1. The number of rotatable bonds is 0. The topological polar surface area (TPSA) is 80.7 Å². The van der Waals surface area contributed by atoms with Gasteiger partial charge >= 0.3 is 11.9 Å². The maximum atomic E-state index is 12.3. The first kappa shape index (κ1) is 20.2. The summed E-state index contributed by atoms with van der Waals surface area (Å²) < 4.78 is 17.7. The van der Waals surface area contributed by atoms with Gasteiger partial charge in [0, 0.05) is 43.4 Å². The summed E-state index contributed by atoms with van der Waals surface area (Å²) in [6, 6.07) is 5.12. The molecular formula is C21H20ClN3O5S. The van der Waals surface area contributed by atoms with E-state index in [0.29, 0.717) is 32.8 Å². The van der Waals surface area contributed by atoms with Gasteiger partial charge in [-0.15, -0.1) is 0 Å². The first-order valence-electron chi connectivity index (χ1n) is 9.76. The van der Waals surface area contributed by atoms with E-state index in [1.54, 1.807) is 25.1 Å². The van der Waals surface area contributed by atoms with Crippen LogP contribution in [0.4, 0.5) is 5.69 Å². The molecule has 5 rings (SSSR count). The Hall–Kier alpha value is -2.75. The highest BCUT2D eigenvalue weighted by Crippen LogP contribution is 2.69. The quantitative estimate of drug-likeness (QED) is 0.585. The number of hydrogen-bond donors (Lipinski definition) is 0. The van der Waals surface area contributed by atoms with Gasteiger partial charge in [0.25, 0.3) is 0 Å². The summed E-state index contributed by atoms with van der Waals surface area (Å²) in [5.41, 5.74) is 1.20. The van der Waals surface area contributed by atoms with Crippen LogP contribution in [-0.2, 0) is 18.0 Å². The highest BCUT2D eigenvalue weighted by atomic mass is 35.5. The summed E-state index contributed by atoms with van der Waals surface area (Å²) in [5, 5.41) is 0.811. The Labute approximate surface area is 186 Å². The number of piperazine rings is 1. The van der Waals surface area contributed by atoms with Gasteiger partial charge in [0.15, 0.2) is 5.75 Å². The fraction of sp³-hybridized carbons (Fsp3) is 0.286. The molecule has 0 radical (unpaired) electrons. The monoisotopic (exact) mass is 461 g/mol. The summed E-state index contributed by atoms with van der Waals surface area (Å²) >= 11 is 6.22. The first-order valence-corrected chi connectivity index (χ1v) is 11.6. The van der Waals surface area contributed by atoms with Gasteiger partial charge < -0.3 is 22.9 Å². The number of ether oxygens (including phenoxy) is 1. The molecule has 0 aromatic heterocycles. The second-order valence-corrected chi connectivity index (χ2v) is 10.3. The zero-order chi connectivity index (χ0) is 21.8. The van der Waals surface area contributed by atoms with Gasteiger partial charge in [0.2, 0.25) is 5.09 Å². The van der Waals surface area contributed by atoms with E-state index in [9.17, 15) is 9.59 Å². The van der Waals surface area contributed by atoms with Crippen LogP contribution in [0.25, 0.3) is 0 Å². The number of halogens is 1. The third kappa shape index (κ3) is 3.42. The molecular weight excluding hydrogens is 442 g/mol. The van der Waals surface area contributed by atoms with E-state index in [4.69, 9.17) is 29.7 Å². The third-order valence-electron chi connectivity index (χ3n) is 5.38. The standard InChI is InChI=1S/C21H20ClN3O5S/c1-13-11-15-20(25-9-7-24(2)8-10-25)23-16-12-14(22)3-4-17(16)28-21(15)31(13)29-18(26)5-6-19(27)30-31/h3-6,11-12H,7-10H2,1-2H3. The van der Waals surface area contributed by atoms with Crippen LogP contribution < -0.4 is 4.74 Å². The Bertz CT molecular complexity index is 1100. The predicted molar refractivity (Wildman–Crippen MR) is 118 cm³/mol. The number of carbonyl (C=O) groups excluding carboxylic acids is 2. The Morgan fingerprint density at radius 1 is 1.06 bits per heavy atom. The minimum absolute atomic E-state index is 0.286. The van der Waals surface area contributed by atoms with Crippen molar-refractivity contribution in [3.05, 3.63) is 57.0 Å². The second-order valence-electron chi connectivity index (χ2n) is 7.54. The van der Waals surface area contributed by atoms with Crippen LogP contribution >= 0.6 is 22.2 Å². The highest BCUT2D eigenvalue weighted by molar-refractivity contribution is 8.32. The SMILES string of the molecule is CC1=CC2=C(Oc3ccc(Cl)cc3N=C2N2CCN(C)CC2)S12OC(=O)C=CC(=O)O2.